The summed E-state index contributed by atoms with van der Waals surface area (Å²) in [5.74, 6) is 0.266. The number of anilines is 1. The van der Waals surface area contributed by atoms with Gasteiger partial charge in [-0.3, -0.25) is 0 Å². The van der Waals surface area contributed by atoms with Crippen molar-refractivity contribution in [3.05, 3.63) is 71.6 Å². The molecule has 3 N–H and O–H groups in total. The number of aromatic amines is 1. The van der Waals surface area contributed by atoms with Crippen molar-refractivity contribution in [3.8, 4) is 5.75 Å². The van der Waals surface area contributed by atoms with E-state index >= 15 is 0 Å². The van der Waals surface area contributed by atoms with Crippen molar-refractivity contribution in [1.82, 2.24) is 20.6 Å². The lowest BCUT2D eigenvalue weighted by atomic mass is 10.1. The smallest absolute Gasteiger partial charge is 0.328 e. The number of H-pyrrole nitrogens is 1. The third-order valence-corrected chi connectivity index (χ3v) is 3.51. The van der Waals surface area contributed by atoms with Gasteiger partial charge in [-0.15, -0.1) is 10.2 Å². The van der Waals surface area contributed by atoms with Gasteiger partial charge in [-0.2, -0.15) is 5.21 Å². The molecule has 8 nitrogen and oxygen atoms in total. The quantitative estimate of drug-likeness (QED) is 0.534. The molecule has 3 rings (SSSR count). The van der Waals surface area contributed by atoms with Crippen LogP contribution < -0.4 is 10.1 Å². The van der Waals surface area contributed by atoms with Gasteiger partial charge in [0, 0.05) is 18.3 Å². The van der Waals surface area contributed by atoms with Crippen LogP contribution in [0.2, 0.25) is 0 Å². The van der Waals surface area contributed by atoms with Crippen molar-refractivity contribution in [2.24, 2.45) is 0 Å². The molecule has 0 saturated carbocycles. The van der Waals surface area contributed by atoms with Crippen LogP contribution in [0.4, 0.5) is 5.69 Å². The summed E-state index contributed by atoms with van der Waals surface area (Å²) >= 11 is 0. The van der Waals surface area contributed by atoms with Crippen molar-refractivity contribution < 1.29 is 14.6 Å². The van der Waals surface area contributed by atoms with Gasteiger partial charge in [-0.1, -0.05) is 29.5 Å². The van der Waals surface area contributed by atoms with Crippen LogP contribution in [0.1, 0.15) is 17.0 Å². The molecule has 0 unspecified atom stereocenters. The molecule has 8 heteroatoms. The number of ether oxygens (including phenoxy) is 1. The molecule has 0 atom stereocenters. The molecule has 0 spiro atoms. The van der Waals surface area contributed by atoms with Gasteiger partial charge in [0.1, 0.15) is 5.75 Å². The average Bonchev–Trinajstić information content (AvgIpc) is 3.18. The van der Waals surface area contributed by atoms with Crippen LogP contribution in [0.25, 0.3) is 6.08 Å². The van der Waals surface area contributed by atoms with E-state index in [1.165, 1.54) is 0 Å². The van der Waals surface area contributed by atoms with Gasteiger partial charge in [0.2, 0.25) is 5.82 Å². The second kappa shape index (κ2) is 8.43. The zero-order valence-electron chi connectivity index (χ0n) is 13.8. The average molecular weight is 351 g/mol. The Morgan fingerprint density at radius 1 is 1.15 bits per heavy atom. The summed E-state index contributed by atoms with van der Waals surface area (Å²) in [7, 11) is 0. The van der Waals surface area contributed by atoms with Crippen LogP contribution in [0.3, 0.4) is 0 Å². The zero-order chi connectivity index (χ0) is 18.2. The summed E-state index contributed by atoms with van der Waals surface area (Å²) in [6.45, 7) is 0.923. The molecule has 2 aromatic carbocycles. The summed E-state index contributed by atoms with van der Waals surface area (Å²) in [4.78, 5) is 10.5. The van der Waals surface area contributed by atoms with Gasteiger partial charge >= 0.3 is 5.97 Å². The molecule has 26 heavy (non-hydrogen) atoms. The number of hydrogen-bond donors (Lipinski definition) is 3. The molecule has 0 aliphatic rings. The number of nitrogens with zero attached hydrogens (tertiary/aromatic N) is 3. The van der Waals surface area contributed by atoms with E-state index in [9.17, 15) is 4.79 Å². The molecule has 1 heterocycles. The van der Waals surface area contributed by atoms with Crippen LogP contribution in [-0.4, -0.2) is 31.7 Å². The van der Waals surface area contributed by atoms with E-state index in [0.717, 1.165) is 28.6 Å². The Balaban J connectivity index is 1.49. The van der Waals surface area contributed by atoms with Crippen LogP contribution in [-0.2, 0) is 17.9 Å². The Morgan fingerprint density at radius 2 is 1.92 bits per heavy atom. The van der Waals surface area contributed by atoms with Crippen LogP contribution in [0, 0.1) is 0 Å². The standard InChI is InChI=1S/C18H17N5O3/c24-18(25)10-5-13-1-6-15(7-2-13)19-11-14-3-8-16(9-4-14)26-12-17-20-22-23-21-17/h1-10,19H,11-12H2,(H,24,25)(H,20,21,22,23). The lowest BCUT2D eigenvalue weighted by Gasteiger charge is -2.08. The fraction of sp³-hybridized carbons (Fsp3) is 0.111. The van der Waals surface area contributed by atoms with Crippen LogP contribution in [0.15, 0.2) is 54.6 Å². The molecule has 1 aromatic heterocycles. The second-order valence-electron chi connectivity index (χ2n) is 5.41. The first-order valence-corrected chi connectivity index (χ1v) is 7.88. The molecular formula is C18H17N5O3. The number of carboxylic acids is 1. The summed E-state index contributed by atoms with van der Waals surface area (Å²) in [6, 6.07) is 15.2. The van der Waals surface area contributed by atoms with Crippen LogP contribution in [0.5, 0.6) is 5.75 Å². The molecule has 3 aromatic rings. The Hall–Kier alpha value is -3.68. The normalized spacial score (nSPS) is 10.8. The van der Waals surface area contributed by atoms with Gasteiger partial charge < -0.3 is 15.2 Å². The monoisotopic (exact) mass is 351 g/mol. The summed E-state index contributed by atoms with van der Waals surface area (Å²) in [5.41, 5.74) is 2.89. The highest BCUT2D eigenvalue weighted by Gasteiger charge is 2.01. The molecular weight excluding hydrogens is 334 g/mol. The van der Waals surface area contributed by atoms with Gasteiger partial charge in [0.05, 0.1) is 0 Å². The molecule has 0 fully saturated rings. The van der Waals surface area contributed by atoms with E-state index in [1.54, 1.807) is 6.08 Å². The first kappa shape index (κ1) is 17.2. The summed E-state index contributed by atoms with van der Waals surface area (Å²) in [5, 5.41) is 25.4. The SMILES string of the molecule is O=C(O)C=Cc1ccc(NCc2ccc(OCc3nn[nH]n3)cc2)cc1. The molecule has 0 radical (unpaired) electrons. The molecule has 0 amide bonds. The van der Waals surface area contributed by atoms with E-state index < -0.39 is 5.97 Å². The van der Waals surface area contributed by atoms with E-state index in [4.69, 9.17) is 9.84 Å². The highest BCUT2D eigenvalue weighted by Crippen LogP contribution is 2.16. The van der Waals surface area contributed by atoms with Gasteiger partial charge in [-0.25, -0.2) is 4.79 Å². The Labute approximate surface area is 149 Å². The number of aromatic nitrogens is 4. The number of nitrogens with one attached hydrogen (secondary N) is 2. The van der Waals surface area contributed by atoms with Crippen molar-refractivity contribution in [3.63, 3.8) is 0 Å². The zero-order valence-corrected chi connectivity index (χ0v) is 13.8. The third kappa shape index (κ3) is 5.17. The lowest BCUT2D eigenvalue weighted by Crippen LogP contribution is -2.00. The predicted octanol–water partition coefficient (Wildman–Crippen LogP) is 2.49. The maximum Gasteiger partial charge on any atom is 0.328 e. The molecule has 0 saturated heterocycles. The maximum atomic E-state index is 10.5. The first-order valence-electron chi connectivity index (χ1n) is 7.88. The Kier molecular flexibility index (Phi) is 5.56. The number of aliphatic carboxylic acids is 1. The van der Waals surface area contributed by atoms with E-state index in [-0.39, 0.29) is 6.61 Å². The van der Waals surface area contributed by atoms with E-state index in [2.05, 4.69) is 25.9 Å². The van der Waals surface area contributed by atoms with Crippen molar-refractivity contribution in [1.29, 1.82) is 0 Å². The molecule has 0 aliphatic heterocycles. The molecule has 0 aliphatic carbocycles. The predicted molar refractivity (Wildman–Crippen MR) is 95.4 cm³/mol. The van der Waals surface area contributed by atoms with Crippen molar-refractivity contribution >= 4 is 17.7 Å². The van der Waals surface area contributed by atoms with Crippen molar-refractivity contribution in [2.45, 2.75) is 13.2 Å². The second-order valence-corrected chi connectivity index (χ2v) is 5.41. The van der Waals surface area contributed by atoms with Gasteiger partial charge in [-0.05, 0) is 41.5 Å². The molecule has 132 valence electrons. The minimum absolute atomic E-state index is 0.261. The summed E-state index contributed by atoms with van der Waals surface area (Å²) in [6.07, 6.45) is 2.67. The highest BCUT2D eigenvalue weighted by molar-refractivity contribution is 5.85. The number of tetrazole rings is 1. The fourth-order valence-electron chi connectivity index (χ4n) is 2.18. The third-order valence-electron chi connectivity index (χ3n) is 3.51. The molecule has 0 bridgehead atoms. The summed E-state index contributed by atoms with van der Waals surface area (Å²) < 4.78 is 5.57. The Bertz CT molecular complexity index is 859. The van der Waals surface area contributed by atoms with E-state index in [1.807, 2.05) is 48.5 Å². The number of carboxylic acid groups (broad SMARTS) is 1. The van der Waals surface area contributed by atoms with Gasteiger partial charge in [0.25, 0.3) is 0 Å². The van der Waals surface area contributed by atoms with Crippen LogP contribution >= 0.6 is 0 Å². The lowest BCUT2D eigenvalue weighted by molar-refractivity contribution is -0.131. The number of rotatable bonds is 8. The fourth-order valence-corrected chi connectivity index (χ4v) is 2.18. The Morgan fingerprint density at radius 3 is 2.58 bits per heavy atom. The highest BCUT2D eigenvalue weighted by atomic mass is 16.5. The topological polar surface area (TPSA) is 113 Å². The first-order chi connectivity index (χ1) is 12.7. The minimum atomic E-state index is -0.961. The number of benzene rings is 2. The number of carbonyl (C=O) groups is 1. The van der Waals surface area contributed by atoms with Crippen molar-refractivity contribution in [2.75, 3.05) is 5.32 Å². The van der Waals surface area contributed by atoms with Gasteiger partial charge in [0.15, 0.2) is 6.61 Å². The minimum Gasteiger partial charge on any atom is -0.485 e. The van der Waals surface area contributed by atoms with E-state index in [0.29, 0.717) is 12.4 Å². The number of hydrogen-bond acceptors (Lipinski definition) is 6. The largest absolute Gasteiger partial charge is 0.485 e. The maximum absolute atomic E-state index is 10.5.